The van der Waals surface area contributed by atoms with Crippen LogP contribution in [0.5, 0.6) is 0 Å². The predicted octanol–water partition coefficient (Wildman–Crippen LogP) is 2.10. The first-order valence-corrected chi connectivity index (χ1v) is 3.81. The SMILES string of the molecule is CC(C)CC(S)C(=O)Cl. The maximum atomic E-state index is 10.4. The summed E-state index contributed by atoms with van der Waals surface area (Å²) in [6.07, 6.45) is 0.755. The molecule has 0 rings (SSSR count). The van der Waals surface area contributed by atoms with Gasteiger partial charge >= 0.3 is 0 Å². The summed E-state index contributed by atoms with van der Waals surface area (Å²) in [5, 5.41) is -0.640. The van der Waals surface area contributed by atoms with E-state index in [1.165, 1.54) is 0 Å². The van der Waals surface area contributed by atoms with E-state index in [1.54, 1.807) is 0 Å². The minimum atomic E-state index is -0.355. The molecule has 0 bridgehead atoms. The maximum Gasteiger partial charge on any atom is 0.234 e. The van der Waals surface area contributed by atoms with Crippen molar-refractivity contribution in [2.24, 2.45) is 5.92 Å². The van der Waals surface area contributed by atoms with Crippen molar-refractivity contribution in [1.29, 1.82) is 0 Å². The number of hydrogen-bond acceptors (Lipinski definition) is 2. The van der Waals surface area contributed by atoms with Gasteiger partial charge < -0.3 is 0 Å². The Balaban J connectivity index is 3.50. The van der Waals surface area contributed by atoms with Crippen LogP contribution in [0.15, 0.2) is 0 Å². The Morgan fingerprint density at radius 2 is 2.11 bits per heavy atom. The van der Waals surface area contributed by atoms with Crippen LogP contribution in [-0.2, 0) is 4.79 Å². The number of halogens is 1. The highest BCUT2D eigenvalue weighted by molar-refractivity contribution is 7.82. The topological polar surface area (TPSA) is 17.1 Å². The summed E-state index contributed by atoms with van der Waals surface area (Å²) >= 11 is 9.14. The zero-order valence-corrected chi connectivity index (χ0v) is 7.25. The molecule has 0 aliphatic heterocycles. The van der Waals surface area contributed by atoms with Gasteiger partial charge in [-0.15, -0.1) is 0 Å². The van der Waals surface area contributed by atoms with E-state index in [9.17, 15) is 4.79 Å². The minimum absolute atomic E-state index is 0.285. The highest BCUT2D eigenvalue weighted by Gasteiger charge is 2.11. The second-order valence-corrected chi connectivity index (χ2v) is 3.45. The van der Waals surface area contributed by atoms with E-state index in [0.717, 1.165) is 6.42 Å². The number of carbonyl (C=O) groups is 1. The van der Waals surface area contributed by atoms with Gasteiger partial charge in [-0.25, -0.2) is 0 Å². The Hall–Kier alpha value is 0.310. The van der Waals surface area contributed by atoms with Gasteiger partial charge in [-0.05, 0) is 23.9 Å². The summed E-state index contributed by atoms with van der Waals surface area (Å²) in [5.74, 6) is 0.482. The first-order chi connectivity index (χ1) is 4.04. The number of hydrogen-bond donors (Lipinski definition) is 1. The lowest BCUT2D eigenvalue weighted by atomic mass is 10.1. The maximum absolute atomic E-state index is 10.4. The molecule has 0 aliphatic carbocycles. The van der Waals surface area contributed by atoms with Crippen LogP contribution < -0.4 is 0 Å². The predicted molar refractivity (Wildman–Crippen MR) is 43.1 cm³/mol. The molecule has 0 saturated carbocycles. The lowest BCUT2D eigenvalue weighted by Crippen LogP contribution is -2.10. The van der Waals surface area contributed by atoms with E-state index in [0.29, 0.717) is 5.92 Å². The van der Waals surface area contributed by atoms with Gasteiger partial charge in [0, 0.05) is 0 Å². The molecule has 3 heteroatoms. The van der Waals surface area contributed by atoms with Crippen molar-refractivity contribution < 1.29 is 4.79 Å². The second kappa shape index (κ2) is 4.18. The van der Waals surface area contributed by atoms with Crippen LogP contribution in [0.2, 0.25) is 0 Å². The van der Waals surface area contributed by atoms with Crippen molar-refractivity contribution in [3.63, 3.8) is 0 Å². The van der Waals surface area contributed by atoms with Crippen molar-refractivity contribution in [1.82, 2.24) is 0 Å². The first kappa shape index (κ1) is 9.31. The van der Waals surface area contributed by atoms with E-state index in [1.807, 2.05) is 13.8 Å². The molecule has 0 aliphatic rings. The largest absolute Gasteiger partial charge is 0.280 e. The van der Waals surface area contributed by atoms with Crippen LogP contribution in [-0.4, -0.2) is 10.5 Å². The number of thiol groups is 1. The Bertz CT molecular complexity index is 103. The van der Waals surface area contributed by atoms with Crippen molar-refractivity contribution in [2.45, 2.75) is 25.5 Å². The van der Waals surface area contributed by atoms with Crippen molar-refractivity contribution in [2.75, 3.05) is 0 Å². The Morgan fingerprint density at radius 1 is 1.67 bits per heavy atom. The fraction of sp³-hybridized carbons (Fsp3) is 0.833. The van der Waals surface area contributed by atoms with Crippen LogP contribution in [0.4, 0.5) is 0 Å². The molecule has 1 nitrogen and oxygen atoms in total. The van der Waals surface area contributed by atoms with Gasteiger partial charge in [0.15, 0.2) is 0 Å². The van der Waals surface area contributed by atoms with Crippen LogP contribution in [0, 0.1) is 5.92 Å². The molecular weight excluding hydrogens is 156 g/mol. The zero-order valence-electron chi connectivity index (χ0n) is 5.60. The lowest BCUT2D eigenvalue weighted by molar-refractivity contribution is -0.111. The van der Waals surface area contributed by atoms with Crippen molar-refractivity contribution in [3.05, 3.63) is 0 Å². The minimum Gasteiger partial charge on any atom is -0.280 e. The molecule has 9 heavy (non-hydrogen) atoms. The molecule has 0 N–H and O–H groups in total. The van der Waals surface area contributed by atoms with Gasteiger partial charge in [0.2, 0.25) is 5.24 Å². The third-order valence-electron chi connectivity index (χ3n) is 0.957. The molecule has 0 aromatic heterocycles. The molecule has 0 fully saturated rings. The fourth-order valence-electron chi connectivity index (χ4n) is 0.539. The van der Waals surface area contributed by atoms with Crippen LogP contribution >= 0.6 is 24.2 Å². The van der Waals surface area contributed by atoms with E-state index in [2.05, 4.69) is 12.6 Å². The third kappa shape index (κ3) is 4.79. The van der Waals surface area contributed by atoms with Gasteiger partial charge in [-0.2, -0.15) is 12.6 Å². The van der Waals surface area contributed by atoms with Gasteiger partial charge in [-0.1, -0.05) is 13.8 Å². The molecule has 0 aromatic carbocycles. The molecule has 0 aromatic rings. The summed E-state index contributed by atoms with van der Waals surface area (Å²) in [6, 6.07) is 0. The number of carbonyl (C=O) groups excluding carboxylic acids is 1. The highest BCUT2D eigenvalue weighted by Crippen LogP contribution is 2.12. The summed E-state index contributed by atoms with van der Waals surface area (Å²) in [4.78, 5) is 10.4. The lowest BCUT2D eigenvalue weighted by Gasteiger charge is -2.06. The van der Waals surface area contributed by atoms with E-state index < -0.39 is 0 Å². The van der Waals surface area contributed by atoms with Gasteiger partial charge in [-0.3, -0.25) is 4.79 Å². The molecule has 0 amide bonds. The summed E-state index contributed by atoms with van der Waals surface area (Å²) in [7, 11) is 0. The highest BCUT2D eigenvalue weighted by atomic mass is 35.5. The van der Waals surface area contributed by atoms with Crippen LogP contribution in [0.1, 0.15) is 20.3 Å². The quantitative estimate of drug-likeness (QED) is 0.502. The van der Waals surface area contributed by atoms with Gasteiger partial charge in [0.1, 0.15) is 0 Å². The zero-order chi connectivity index (χ0) is 7.44. The normalized spacial score (nSPS) is 13.9. The fourth-order valence-corrected chi connectivity index (χ4v) is 1.05. The molecule has 1 unspecified atom stereocenters. The van der Waals surface area contributed by atoms with E-state index in [4.69, 9.17) is 11.6 Å². The van der Waals surface area contributed by atoms with Crippen molar-refractivity contribution in [3.8, 4) is 0 Å². The summed E-state index contributed by atoms with van der Waals surface area (Å²) < 4.78 is 0. The molecule has 0 radical (unpaired) electrons. The summed E-state index contributed by atoms with van der Waals surface area (Å²) in [5.41, 5.74) is 0. The summed E-state index contributed by atoms with van der Waals surface area (Å²) in [6.45, 7) is 4.06. The molecule has 0 saturated heterocycles. The smallest absolute Gasteiger partial charge is 0.234 e. The Kier molecular flexibility index (Phi) is 4.32. The average molecular weight is 167 g/mol. The first-order valence-electron chi connectivity index (χ1n) is 2.91. The standard InChI is InChI=1S/C6H11ClOS/c1-4(2)3-5(9)6(7)8/h4-5,9H,3H2,1-2H3. The second-order valence-electron chi connectivity index (χ2n) is 2.45. The molecular formula is C6H11ClOS. The molecule has 0 spiro atoms. The average Bonchev–Trinajstić information content (AvgIpc) is 1.63. The van der Waals surface area contributed by atoms with Gasteiger partial charge in [0.05, 0.1) is 5.25 Å². The molecule has 1 atom stereocenters. The third-order valence-corrected chi connectivity index (χ3v) is 1.82. The van der Waals surface area contributed by atoms with Crippen LogP contribution in [0.25, 0.3) is 0 Å². The van der Waals surface area contributed by atoms with Crippen molar-refractivity contribution >= 4 is 29.5 Å². The van der Waals surface area contributed by atoms with E-state index >= 15 is 0 Å². The molecule has 54 valence electrons. The van der Waals surface area contributed by atoms with E-state index in [-0.39, 0.29) is 10.5 Å². The van der Waals surface area contributed by atoms with Gasteiger partial charge in [0.25, 0.3) is 0 Å². The Morgan fingerprint density at radius 3 is 2.22 bits per heavy atom. The molecule has 0 heterocycles. The number of rotatable bonds is 3. The van der Waals surface area contributed by atoms with Crippen LogP contribution in [0.3, 0.4) is 0 Å². The Labute approximate surface area is 66.2 Å². The monoisotopic (exact) mass is 166 g/mol.